The predicted octanol–water partition coefficient (Wildman–Crippen LogP) is 4.59. The molecule has 0 bridgehead atoms. The molecule has 2 aliphatic rings. The van der Waals surface area contributed by atoms with Crippen molar-refractivity contribution < 1.29 is 9.53 Å². The monoisotopic (exact) mass is 408 g/mol. The number of piperidine rings is 1. The molecule has 0 unspecified atom stereocenters. The van der Waals surface area contributed by atoms with E-state index in [2.05, 4.69) is 26.1 Å². The fourth-order valence-electron chi connectivity index (χ4n) is 3.76. The molecule has 1 saturated heterocycles. The molecule has 2 fully saturated rings. The van der Waals surface area contributed by atoms with Gasteiger partial charge in [0.15, 0.2) is 0 Å². The van der Waals surface area contributed by atoms with Gasteiger partial charge < -0.3 is 15.0 Å². The maximum absolute atomic E-state index is 12.1. The van der Waals surface area contributed by atoms with Gasteiger partial charge in [-0.15, -0.1) is 0 Å². The zero-order valence-electron chi connectivity index (χ0n) is 14.9. The van der Waals surface area contributed by atoms with Crippen LogP contribution in [0.1, 0.15) is 51.4 Å². The summed E-state index contributed by atoms with van der Waals surface area (Å²) in [7, 11) is 0. The van der Waals surface area contributed by atoms with Crippen LogP contribution < -0.4 is 5.32 Å². The molecule has 0 spiro atoms. The van der Waals surface area contributed by atoms with E-state index in [4.69, 9.17) is 4.74 Å². The molecule has 1 heterocycles. The Balaban J connectivity index is 1.32. The zero-order valence-corrected chi connectivity index (χ0v) is 16.5. The lowest BCUT2D eigenvalue weighted by molar-refractivity contribution is -0.116. The van der Waals surface area contributed by atoms with Crippen molar-refractivity contribution in [2.75, 3.05) is 25.0 Å². The second-order valence-electron chi connectivity index (χ2n) is 7.24. The van der Waals surface area contributed by atoms with Gasteiger partial charge in [0.2, 0.25) is 5.91 Å². The highest BCUT2D eigenvalue weighted by molar-refractivity contribution is 9.10. The number of carbonyl (C=O) groups excluding carboxylic acids is 1. The molecular weight excluding hydrogens is 380 g/mol. The number of anilines is 1. The Morgan fingerprint density at radius 2 is 1.68 bits per heavy atom. The van der Waals surface area contributed by atoms with E-state index in [9.17, 15) is 4.79 Å². The van der Waals surface area contributed by atoms with Crippen LogP contribution in [0.4, 0.5) is 5.69 Å². The molecule has 1 aromatic carbocycles. The molecule has 4 nitrogen and oxygen atoms in total. The van der Waals surface area contributed by atoms with Gasteiger partial charge in [-0.25, -0.2) is 0 Å². The van der Waals surface area contributed by atoms with Gasteiger partial charge in [-0.1, -0.05) is 35.2 Å². The summed E-state index contributed by atoms with van der Waals surface area (Å²) >= 11 is 3.40. The standard InChI is InChI=1S/C20H29BrN2O2/c21-16-6-8-17(9-7-16)22-20(24)12-15-23-13-10-19(11-14-23)25-18-4-2-1-3-5-18/h6-9,18-19H,1-5,10-15H2,(H,22,24). The third kappa shape index (κ3) is 6.39. The minimum Gasteiger partial charge on any atom is -0.375 e. The average molecular weight is 409 g/mol. The van der Waals surface area contributed by atoms with Crippen LogP contribution in [-0.4, -0.2) is 42.6 Å². The molecular formula is C20H29BrN2O2. The minimum absolute atomic E-state index is 0.0860. The molecule has 25 heavy (non-hydrogen) atoms. The van der Waals surface area contributed by atoms with Crippen LogP contribution in [0, 0.1) is 0 Å². The van der Waals surface area contributed by atoms with Gasteiger partial charge in [-0.3, -0.25) is 4.79 Å². The summed E-state index contributed by atoms with van der Waals surface area (Å²) in [5.41, 5.74) is 0.854. The number of ether oxygens (including phenoxy) is 1. The van der Waals surface area contributed by atoms with Crippen LogP contribution in [0.15, 0.2) is 28.7 Å². The number of hydrogen-bond donors (Lipinski definition) is 1. The maximum atomic E-state index is 12.1. The second kappa shape index (κ2) is 9.70. The summed E-state index contributed by atoms with van der Waals surface area (Å²) in [5.74, 6) is 0.0860. The van der Waals surface area contributed by atoms with Gasteiger partial charge in [0.05, 0.1) is 12.2 Å². The first-order valence-corrected chi connectivity index (χ1v) is 10.4. The number of halogens is 1. The highest BCUT2D eigenvalue weighted by Crippen LogP contribution is 2.24. The maximum Gasteiger partial charge on any atom is 0.225 e. The average Bonchev–Trinajstić information content (AvgIpc) is 2.64. The molecule has 0 atom stereocenters. The lowest BCUT2D eigenvalue weighted by Crippen LogP contribution is -2.40. The van der Waals surface area contributed by atoms with E-state index in [1.165, 1.54) is 32.1 Å². The lowest BCUT2D eigenvalue weighted by Gasteiger charge is -2.34. The lowest BCUT2D eigenvalue weighted by atomic mass is 9.97. The number of amides is 1. The van der Waals surface area contributed by atoms with Crippen molar-refractivity contribution in [1.82, 2.24) is 4.90 Å². The van der Waals surface area contributed by atoms with Gasteiger partial charge in [0.1, 0.15) is 0 Å². The van der Waals surface area contributed by atoms with E-state index >= 15 is 0 Å². The molecule has 3 rings (SSSR count). The fourth-order valence-corrected chi connectivity index (χ4v) is 4.02. The molecule has 1 aliphatic heterocycles. The molecule has 138 valence electrons. The topological polar surface area (TPSA) is 41.6 Å². The molecule has 0 aromatic heterocycles. The van der Waals surface area contributed by atoms with E-state index in [0.717, 1.165) is 42.6 Å². The summed E-state index contributed by atoms with van der Waals surface area (Å²) < 4.78 is 7.30. The van der Waals surface area contributed by atoms with E-state index in [0.29, 0.717) is 18.6 Å². The summed E-state index contributed by atoms with van der Waals surface area (Å²) in [5, 5.41) is 2.96. The summed E-state index contributed by atoms with van der Waals surface area (Å²) in [6.07, 6.45) is 10.2. The van der Waals surface area contributed by atoms with Crippen LogP contribution >= 0.6 is 15.9 Å². The normalized spacial score (nSPS) is 20.5. The van der Waals surface area contributed by atoms with Gasteiger partial charge in [-0.2, -0.15) is 0 Å². The van der Waals surface area contributed by atoms with E-state index in [1.54, 1.807) is 0 Å². The number of carbonyl (C=O) groups is 1. The first-order valence-electron chi connectivity index (χ1n) is 9.62. The Labute approximate surface area is 159 Å². The molecule has 5 heteroatoms. The molecule has 1 aromatic rings. The van der Waals surface area contributed by atoms with Crippen molar-refractivity contribution in [3.8, 4) is 0 Å². The zero-order chi connectivity index (χ0) is 17.5. The molecule has 1 aliphatic carbocycles. The highest BCUT2D eigenvalue weighted by Gasteiger charge is 2.24. The Kier molecular flexibility index (Phi) is 7.32. The van der Waals surface area contributed by atoms with Crippen LogP contribution in [0.2, 0.25) is 0 Å². The van der Waals surface area contributed by atoms with Crippen LogP contribution in [0.3, 0.4) is 0 Å². The van der Waals surface area contributed by atoms with Crippen molar-refractivity contribution in [3.63, 3.8) is 0 Å². The van der Waals surface area contributed by atoms with Crippen molar-refractivity contribution in [1.29, 1.82) is 0 Å². The van der Waals surface area contributed by atoms with Gasteiger partial charge in [0.25, 0.3) is 0 Å². The molecule has 1 N–H and O–H groups in total. The first kappa shape index (κ1) is 18.9. The number of nitrogens with one attached hydrogen (secondary N) is 1. The van der Waals surface area contributed by atoms with Gasteiger partial charge in [-0.05, 0) is 49.9 Å². The van der Waals surface area contributed by atoms with Crippen LogP contribution in [-0.2, 0) is 9.53 Å². The number of hydrogen-bond acceptors (Lipinski definition) is 3. The van der Waals surface area contributed by atoms with Crippen molar-refractivity contribution in [2.45, 2.75) is 63.6 Å². The van der Waals surface area contributed by atoms with Crippen molar-refractivity contribution in [3.05, 3.63) is 28.7 Å². The summed E-state index contributed by atoms with van der Waals surface area (Å²) in [6, 6.07) is 7.70. The fraction of sp³-hybridized carbons (Fsp3) is 0.650. The first-order chi connectivity index (χ1) is 12.2. The summed E-state index contributed by atoms with van der Waals surface area (Å²) in [4.78, 5) is 14.5. The SMILES string of the molecule is O=C(CCN1CCC(OC2CCCCC2)CC1)Nc1ccc(Br)cc1. The molecule has 1 amide bonds. The third-order valence-corrected chi connectivity index (χ3v) is 5.78. The molecule has 0 radical (unpaired) electrons. The highest BCUT2D eigenvalue weighted by atomic mass is 79.9. The van der Waals surface area contributed by atoms with E-state index in [-0.39, 0.29) is 5.91 Å². The van der Waals surface area contributed by atoms with Crippen molar-refractivity contribution >= 4 is 27.5 Å². The molecule has 1 saturated carbocycles. The van der Waals surface area contributed by atoms with Crippen LogP contribution in [0.5, 0.6) is 0 Å². The Hall–Kier alpha value is -0.910. The van der Waals surface area contributed by atoms with Gasteiger partial charge >= 0.3 is 0 Å². The van der Waals surface area contributed by atoms with Crippen LogP contribution in [0.25, 0.3) is 0 Å². The number of likely N-dealkylation sites (tertiary alicyclic amines) is 1. The second-order valence-corrected chi connectivity index (χ2v) is 8.16. The quantitative estimate of drug-likeness (QED) is 0.747. The van der Waals surface area contributed by atoms with E-state index in [1.807, 2.05) is 24.3 Å². The Morgan fingerprint density at radius 3 is 2.36 bits per heavy atom. The van der Waals surface area contributed by atoms with Crippen molar-refractivity contribution in [2.24, 2.45) is 0 Å². The Morgan fingerprint density at radius 1 is 1.04 bits per heavy atom. The Bertz CT molecular complexity index is 535. The predicted molar refractivity (Wildman–Crippen MR) is 105 cm³/mol. The van der Waals surface area contributed by atoms with Gasteiger partial charge in [0, 0.05) is 36.2 Å². The number of rotatable bonds is 6. The van der Waals surface area contributed by atoms with E-state index < -0.39 is 0 Å². The number of nitrogens with zero attached hydrogens (tertiary/aromatic N) is 1. The number of benzene rings is 1. The summed E-state index contributed by atoms with van der Waals surface area (Å²) in [6.45, 7) is 2.92. The smallest absolute Gasteiger partial charge is 0.225 e. The minimum atomic E-state index is 0.0860. The largest absolute Gasteiger partial charge is 0.375 e. The third-order valence-electron chi connectivity index (χ3n) is 5.25.